The van der Waals surface area contributed by atoms with Gasteiger partial charge in [-0.25, -0.2) is 13.1 Å². The van der Waals surface area contributed by atoms with Crippen molar-refractivity contribution in [2.24, 2.45) is 5.73 Å². The fourth-order valence-corrected chi connectivity index (χ4v) is 2.26. The molecule has 0 amide bonds. The summed E-state index contributed by atoms with van der Waals surface area (Å²) in [5.41, 5.74) is 6.06. The summed E-state index contributed by atoms with van der Waals surface area (Å²) in [6.07, 6.45) is 2.74. The summed E-state index contributed by atoms with van der Waals surface area (Å²) in [6.45, 7) is 0.893. The maximum Gasteiger partial charge on any atom is 0.211 e. The third-order valence-electron chi connectivity index (χ3n) is 2.06. The predicted octanol–water partition coefficient (Wildman–Crippen LogP) is -0.108. The van der Waals surface area contributed by atoms with E-state index in [1.54, 1.807) is 12.3 Å². The first kappa shape index (κ1) is 13.1. The minimum absolute atomic E-state index is 0.0641. The van der Waals surface area contributed by atoms with E-state index >= 15 is 0 Å². The SMILES string of the molecule is NCCCNS(=O)(=O)CCc1ccccn1. The van der Waals surface area contributed by atoms with Crippen LogP contribution in [-0.2, 0) is 16.4 Å². The molecule has 0 atom stereocenters. The van der Waals surface area contributed by atoms with Gasteiger partial charge in [0.15, 0.2) is 0 Å². The van der Waals surface area contributed by atoms with Gasteiger partial charge in [-0.15, -0.1) is 0 Å². The van der Waals surface area contributed by atoms with Gasteiger partial charge in [0.1, 0.15) is 0 Å². The molecule has 0 aromatic carbocycles. The first-order valence-electron chi connectivity index (χ1n) is 5.21. The van der Waals surface area contributed by atoms with Crippen LogP contribution in [0.1, 0.15) is 12.1 Å². The third-order valence-corrected chi connectivity index (χ3v) is 3.44. The monoisotopic (exact) mass is 243 g/mol. The molecule has 0 radical (unpaired) electrons. The summed E-state index contributed by atoms with van der Waals surface area (Å²) in [4.78, 5) is 4.07. The van der Waals surface area contributed by atoms with Gasteiger partial charge in [-0.1, -0.05) is 6.07 Å². The molecule has 90 valence electrons. The van der Waals surface area contributed by atoms with Crippen LogP contribution in [0.2, 0.25) is 0 Å². The molecule has 3 N–H and O–H groups in total. The Bertz CT molecular complexity index is 392. The van der Waals surface area contributed by atoms with Crippen molar-refractivity contribution in [3.63, 3.8) is 0 Å². The van der Waals surface area contributed by atoms with Crippen molar-refractivity contribution >= 4 is 10.0 Å². The molecule has 0 aliphatic carbocycles. The molecule has 0 saturated heterocycles. The first-order chi connectivity index (χ1) is 7.64. The summed E-state index contributed by atoms with van der Waals surface area (Å²) in [5, 5.41) is 0. The minimum Gasteiger partial charge on any atom is -0.330 e. The molecule has 5 nitrogen and oxygen atoms in total. The smallest absolute Gasteiger partial charge is 0.211 e. The van der Waals surface area contributed by atoms with E-state index in [1.165, 1.54) is 0 Å². The van der Waals surface area contributed by atoms with Crippen molar-refractivity contribution < 1.29 is 8.42 Å². The maximum atomic E-state index is 11.5. The van der Waals surface area contributed by atoms with Crippen LogP contribution in [0.25, 0.3) is 0 Å². The summed E-state index contributed by atoms with van der Waals surface area (Å²) in [7, 11) is -3.20. The molecule has 0 bridgehead atoms. The number of pyridine rings is 1. The molecule has 1 aromatic rings. The standard InChI is InChI=1S/C10H17N3O2S/c11-6-3-8-13-16(14,15)9-5-10-4-1-2-7-12-10/h1-2,4,7,13H,3,5-6,8-9,11H2. The average Bonchev–Trinajstić information content (AvgIpc) is 2.28. The second-order valence-corrected chi connectivity index (χ2v) is 5.35. The fraction of sp³-hybridized carbons (Fsp3) is 0.500. The quantitative estimate of drug-likeness (QED) is 0.654. The molecule has 0 aliphatic rings. The number of nitrogens with one attached hydrogen (secondary N) is 1. The first-order valence-corrected chi connectivity index (χ1v) is 6.86. The molecular formula is C10H17N3O2S. The number of sulfonamides is 1. The van der Waals surface area contributed by atoms with Crippen LogP contribution in [0.4, 0.5) is 0 Å². The van der Waals surface area contributed by atoms with Crippen molar-refractivity contribution in [3.8, 4) is 0 Å². The largest absolute Gasteiger partial charge is 0.330 e. The number of nitrogens with zero attached hydrogens (tertiary/aromatic N) is 1. The van der Waals surface area contributed by atoms with E-state index < -0.39 is 10.0 Å². The van der Waals surface area contributed by atoms with E-state index in [9.17, 15) is 8.42 Å². The number of hydrogen-bond acceptors (Lipinski definition) is 4. The molecule has 0 fully saturated rings. The predicted molar refractivity (Wildman–Crippen MR) is 63.4 cm³/mol. The number of aryl methyl sites for hydroxylation is 1. The summed E-state index contributed by atoms with van der Waals surface area (Å²) in [6, 6.07) is 5.46. The lowest BCUT2D eigenvalue weighted by atomic mass is 10.3. The molecule has 1 rings (SSSR count). The van der Waals surface area contributed by atoms with Gasteiger partial charge in [-0.2, -0.15) is 0 Å². The Morgan fingerprint density at radius 2 is 2.19 bits per heavy atom. The topological polar surface area (TPSA) is 85.1 Å². The lowest BCUT2D eigenvalue weighted by Gasteiger charge is -2.05. The van der Waals surface area contributed by atoms with Gasteiger partial charge in [-0.3, -0.25) is 4.98 Å². The molecule has 0 spiro atoms. The molecule has 1 heterocycles. The van der Waals surface area contributed by atoms with Gasteiger partial charge >= 0.3 is 0 Å². The number of nitrogens with two attached hydrogens (primary N) is 1. The van der Waals surface area contributed by atoms with Crippen molar-refractivity contribution in [1.29, 1.82) is 0 Å². The van der Waals surface area contributed by atoms with Gasteiger partial charge in [0.25, 0.3) is 0 Å². The van der Waals surface area contributed by atoms with Gasteiger partial charge in [-0.05, 0) is 25.1 Å². The fourth-order valence-electron chi connectivity index (χ4n) is 1.19. The van der Waals surface area contributed by atoms with Crippen LogP contribution in [0.3, 0.4) is 0 Å². The number of hydrogen-bond donors (Lipinski definition) is 2. The third kappa shape index (κ3) is 5.20. The molecule has 6 heteroatoms. The molecule has 0 saturated carbocycles. The normalized spacial score (nSPS) is 11.6. The van der Waals surface area contributed by atoms with Crippen molar-refractivity contribution in [1.82, 2.24) is 9.71 Å². The van der Waals surface area contributed by atoms with Gasteiger partial charge in [0, 0.05) is 24.9 Å². The Labute approximate surface area is 96.1 Å². The lowest BCUT2D eigenvalue weighted by molar-refractivity contribution is 0.578. The van der Waals surface area contributed by atoms with E-state index in [1.807, 2.05) is 12.1 Å². The highest BCUT2D eigenvalue weighted by Gasteiger charge is 2.09. The highest BCUT2D eigenvalue weighted by atomic mass is 32.2. The number of rotatable bonds is 7. The van der Waals surface area contributed by atoms with E-state index in [0.717, 1.165) is 5.69 Å². The summed E-state index contributed by atoms with van der Waals surface area (Å²) < 4.78 is 25.5. The molecule has 0 aliphatic heterocycles. The average molecular weight is 243 g/mol. The zero-order valence-electron chi connectivity index (χ0n) is 9.09. The second kappa shape index (κ2) is 6.57. The Morgan fingerprint density at radius 1 is 1.38 bits per heavy atom. The Morgan fingerprint density at radius 3 is 2.81 bits per heavy atom. The Hall–Kier alpha value is -0.980. The van der Waals surface area contributed by atoms with Crippen molar-refractivity contribution in [2.45, 2.75) is 12.8 Å². The Balaban J connectivity index is 2.36. The second-order valence-electron chi connectivity index (χ2n) is 3.43. The van der Waals surface area contributed by atoms with E-state index in [4.69, 9.17) is 5.73 Å². The number of aromatic nitrogens is 1. The van der Waals surface area contributed by atoms with Crippen LogP contribution < -0.4 is 10.5 Å². The molecule has 0 unspecified atom stereocenters. The van der Waals surface area contributed by atoms with Crippen molar-refractivity contribution in [3.05, 3.63) is 30.1 Å². The van der Waals surface area contributed by atoms with Gasteiger partial charge in [0.05, 0.1) is 5.75 Å². The van der Waals surface area contributed by atoms with Crippen LogP contribution in [0.5, 0.6) is 0 Å². The van der Waals surface area contributed by atoms with Gasteiger partial charge in [0.2, 0.25) is 10.0 Å². The lowest BCUT2D eigenvalue weighted by Crippen LogP contribution is -2.29. The highest BCUT2D eigenvalue weighted by Crippen LogP contribution is 1.97. The molecular weight excluding hydrogens is 226 g/mol. The maximum absolute atomic E-state index is 11.5. The van der Waals surface area contributed by atoms with E-state index in [0.29, 0.717) is 25.9 Å². The minimum atomic E-state index is -3.20. The summed E-state index contributed by atoms with van der Waals surface area (Å²) >= 11 is 0. The van der Waals surface area contributed by atoms with Crippen LogP contribution in [0.15, 0.2) is 24.4 Å². The highest BCUT2D eigenvalue weighted by molar-refractivity contribution is 7.89. The zero-order chi connectivity index (χ0) is 11.9. The summed E-state index contributed by atoms with van der Waals surface area (Å²) in [5.74, 6) is 0.0641. The Kier molecular flexibility index (Phi) is 5.37. The van der Waals surface area contributed by atoms with Crippen LogP contribution in [0, 0.1) is 0 Å². The van der Waals surface area contributed by atoms with E-state index in [2.05, 4.69) is 9.71 Å². The molecule has 16 heavy (non-hydrogen) atoms. The van der Waals surface area contributed by atoms with Crippen LogP contribution >= 0.6 is 0 Å². The van der Waals surface area contributed by atoms with Crippen molar-refractivity contribution in [2.75, 3.05) is 18.8 Å². The van der Waals surface area contributed by atoms with Crippen LogP contribution in [-0.4, -0.2) is 32.2 Å². The zero-order valence-corrected chi connectivity index (χ0v) is 9.91. The van der Waals surface area contributed by atoms with Gasteiger partial charge < -0.3 is 5.73 Å². The molecule has 1 aromatic heterocycles. The van der Waals surface area contributed by atoms with E-state index in [-0.39, 0.29) is 5.75 Å².